The Morgan fingerprint density at radius 1 is 1.60 bits per heavy atom. The van der Waals surface area contributed by atoms with E-state index in [1.165, 1.54) is 0 Å². The lowest BCUT2D eigenvalue weighted by molar-refractivity contribution is -0.0560. The van der Waals surface area contributed by atoms with Crippen LogP contribution < -0.4 is 11.3 Å². The first-order valence-electron chi connectivity index (χ1n) is 6.95. The largest absolute Gasteiger partial charge is 0.469 e. The third-order valence-corrected chi connectivity index (χ3v) is 4.31. The van der Waals surface area contributed by atoms with Gasteiger partial charge in [0.1, 0.15) is 12.2 Å². The molecule has 6 N–H and O–H groups in total. The van der Waals surface area contributed by atoms with Crippen molar-refractivity contribution in [2.24, 2.45) is 0 Å². The summed E-state index contributed by atoms with van der Waals surface area (Å²) in [5.74, 6) is -0.222. The van der Waals surface area contributed by atoms with E-state index in [9.17, 15) is 14.5 Å². The number of aromatic nitrogens is 4. The van der Waals surface area contributed by atoms with Gasteiger partial charge in [-0.2, -0.15) is 4.98 Å². The average Bonchev–Trinajstić information content (AvgIpc) is 2.97. The zero-order chi connectivity index (χ0) is 18.6. The molecule has 0 aromatic carbocycles. The van der Waals surface area contributed by atoms with Crippen LogP contribution in [0.25, 0.3) is 11.2 Å². The summed E-state index contributed by atoms with van der Waals surface area (Å²) in [6, 6.07) is 0. The highest BCUT2D eigenvalue weighted by Gasteiger charge is 2.55. The summed E-state index contributed by atoms with van der Waals surface area (Å²) in [7, 11) is -4.83. The van der Waals surface area contributed by atoms with Gasteiger partial charge in [0.05, 0.1) is 12.9 Å². The molecule has 2 aromatic heterocycles. The van der Waals surface area contributed by atoms with Gasteiger partial charge in [-0.15, -0.1) is 0 Å². The van der Waals surface area contributed by atoms with Crippen LogP contribution in [0.2, 0.25) is 0 Å². The van der Waals surface area contributed by atoms with Gasteiger partial charge in [0, 0.05) is 0 Å². The van der Waals surface area contributed by atoms with Gasteiger partial charge >= 0.3 is 7.82 Å². The number of hydrogen-bond acceptors (Lipinski definition) is 8. The predicted molar refractivity (Wildman–Crippen MR) is 80.0 cm³/mol. The molecule has 1 saturated heterocycles. The highest BCUT2D eigenvalue weighted by atomic mass is 31.2. The van der Waals surface area contributed by atoms with Crippen LogP contribution in [-0.2, 0) is 13.8 Å². The maximum Gasteiger partial charge on any atom is 0.469 e. The molecule has 12 nitrogen and oxygen atoms in total. The second-order valence-corrected chi connectivity index (χ2v) is 6.92. The van der Waals surface area contributed by atoms with Gasteiger partial charge in [0.2, 0.25) is 5.95 Å². The van der Waals surface area contributed by atoms with Crippen LogP contribution in [0.4, 0.5) is 10.3 Å². The smallest absolute Gasteiger partial charge is 0.387 e. The second kappa shape index (κ2) is 5.83. The minimum Gasteiger partial charge on any atom is -0.387 e. The van der Waals surface area contributed by atoms with Crippen LogP contribution in [-0.4, -0.2) is 58.9 Å². The number of aliphatic hydroxyl groups excluding tert-OH is 1. The van der Waals surface area contributed by atoms with Crippen LogP contribution in [0.3, 0.4) is 0 Å². The Labute approximate surface area is 138 Å². The van der Waals surface area contributed by atoms with Crippen LogP contribution in [0.5, 0.6) is 0 Å². The van der Waals surface area contributed by atoms with Crippen molar-refractivity contribution >= 4 is 24.9 Å². The van der Waals surface area contributed by atoms with Gasteiger partial charge in [0.15, 0.2) is 23.1 Å². The summed E-state index contributed by atoms with van der Waals surface area (Å²) in [6.45, 7) is 0.284. The minimum atomic E-state index is -4.83. The maximum absolute atomic E-state index is 15.0. The quantitative estimate of drug-likeness (QED) is 0.404. The highest BCUT2D eigenvalue weighted by molar-refractivity contribution is 7.46. The molecule has 0 unspecified atom stereocenters. The number of imidazole rings is 1. The molecule has 14 heteroatoms. The number of alkyl halides is 1. The van der Waals surface area contributed by atoms with E-state index in [0.717, 1.165) is 17.8 Å². The van der Waals surface area contributed by atoms with Crippen LogP contribution in [0.1, 0.15) is 13.2 Å². The van der Waals surface area contributed by atoms with Crippen molar-refractivity contribution in [3.63, 3.8) is 0 Å². The zero-order valence-corrected chi connectivity index (χ0v) is 13.6. The number of nitrogen functional groups attached to an aromatic ring is 1. The first kappa shape index (κ1) is 17.9. The molecule has 0 amide bonds. The molecule has 1 aliphatic rings. The molecule has 0 aliphatic carbocycles. The van der Waals surface area contributed by atoms with Crippen molar-refractivity contribution in [3.05, 3.63) is 16.7 Å². The van der Waals surface area contributed by atoms with Gasteiger partial charge in [-0.05, 0) is 6.92 Å². The Balaban J connectivity index is 1.97. The van der Waals surface area contributed by atoms with Crippen molar-refractivity contribution in [2.75, 3.05) is 12.3 Å². The fraction of sp³-hybridized carbons (Fsp3) is 0.545. The Bertz CT molecular complexity index is 908. The molecule has 1 aliphatic heterocycles. The molecular formula is C11H15FN5O7P. The van der Waals surface area contributed by atoms with Gasteiger partial charge in [-0.25, -0.2) is 13.9 Å². The highest BCUT2D eigenvalue weighted by Crippen LogP contribution is 2.44. The number of nitrogens with two attached hydrogens (primary N) is 1. The zero-order valence-electron chi connectivity index (χ0n) is 12.7. The van der Waals surface area contributed by atoms with E-state index >= 15 is 4.39 Å². The van der Waals surface area contributed by atoms with E-state index in [1.807, 2.05) is 0 Å². The molecule has 4 atom stereocenters. The first-order valence-corrected chi connectivity index (χ1v) is 8.48. The Morgan fingerprint density at radius 3 is 2.92 bits per heavy atom. The van der Waals surface area contributed by atoms with Crippen molar-refractivity contribution in [1.82, 2.24) is 19.5 Å². The number of nitrogens with zero attached hydrogens (tertiary/aromatic N) is 3. The number of ether oxygens (including phenoxy) is 1. The van der Waals surface area contributed by atoms with E-state index < -0.39 is 44.1 Å². The number of rotatable bonds is 4. The summed E-state index contributed by atoms with van der Waals surface area (Å²) in [6.07, 6.45) is -3.52. The van der Waals surface area contributed by atoms with E-state index in [-0.39, 0.29) is 17.1 Å². The number of nitrogens with one attached hydrogen (secondary N) is 1. The standard InChI is InChI=1S/C11H15FN5O7P/c1-11(12)6(18)4(2-23-25(20,21)22)24-9(11)17-3-14-5-7(17)15-10(13)16-8(5)19/h3-4,6,9,18H,2H2,1H3,(H2,20,21,22)(H3,13,15,16,19)/t4-,6-,9-,11-/m1/s1. The number of hydrogen-bond donors (Lipinski definition) is 5. The lowest BCUT2D eigenvalue weighted by atomic mass is 9.98. The van der Waals surface area contributed by atoms with Crippen molar-refractivity contribution < 1.29 is 33.1 Å². The van der Waals surface area contributed by atoms with Crippen LogP contribution >= 0.6 is 7.82 Å². The third-order valence-electron chi connectivity index (χ3n) is 3.83. The average molecular weight is 379 g/mol. The number of aromatic amines is 1. The monoisotopic (exact) mass is 379 g/mol. The normalized spacial score (nSPS) is 30.2. The first-order chi connectivity index (χ1) is 11.5. The maximum atomic E-state index is 15.0. The van der Waals surface area contributed by atoms with E-state index in [2.05, 4.69) is 19.5 Å². The number of anilines is 1. The Hall–Kier alpha value is -1.89. The summed E-state index contributed by atoms with van der Waals surface area (Å²) < 4.78 is 36.5. The Kier molecular flexibility index (Phi) is 4.18. The summed E-state index contributed by atoms with van der Waals surface area (Å²) >= 11 is 0. The molecule has 0 radical (unpaired) electrons. The number of phosphoric acid groups is 1. The van der Waals surface area contributed by atoms with E-state index in [0.29, 0.717) is 0 Å². The summed E-state index contributed by atoms with van der Waals surface area (Å²) in [5, 5.41) is 10.1. The summed E-state index contributed by atoms with van der Waals surface area (Å²) in [5.41, 5.74) is 2.26. The molecule has 138 valence electrons. The van der Waals surface area contributed by atoms with E-state index in [1.54, 1.807) is 0 Å². The van der Waals surface area contributed by atoms with Gasteiger partial charge in [-0.1, -0.05) is 0 Å². The lowest BCUT2D eigenvalue weighted by Gasteiger charge is -2.24. The molecular weight excluding hydrogens is 364 g/mol. The molecule has 0 spiro atoms. The summed E-state index contributed by atoms with van der Waals surface area (Å²) in [4.78, 5) is 39.2. The van der Waals surface area contributed by atoms with Crippen molar-refractivity contribution in [2.45, 2.75) is 31.0 Å². The number of halogens is 1. The van der Waals surface area contributed by atoms with Crippen molar-refractivity contribution in [3.8, 4) is 0 Å². The third kappa shape index (κ3) is 3.17. The minimum absolute atomic E-state index is 0.0705. The SMILES string of the molecule is C[C@@]1(F)[C@H](O)[C@@H](COP(=O)(O)O)O[C@H]1n1cnc2c(=O)[nH]c(N)nc21. The fourth-order valence-electron chi connectivity index (χ4n) is 2.64. The van der Waals surface area contributed by atoms with E-state index in [4.69, 9.17) is 20.3 Å². The molecule has 1 fully saturated rings. The van der Waals surface area contributed by atoms with Crippen molar-refractivity contribution in [1.29, 1.82) is 0 Å². The fourth-order valence-corrected chi connectivity index (χ4v) is 2.98. The molecule has 2 aromatic rings. The molecule has 3 heterocycles. The Morgan fingerprint density at radius 2 is 2.28 bits per heavy atom. The number of fused-ring (bicyclic) bond motifs is 1. The molecule has 3 rings (SSSR count). The van der Waals surface area contributed by atoms with Gasteiger partial charge in [0.25, 0.3) is 5.56 Å². The number of H-pyrrole nitrogens is 1. The second-order valence-electron chi connectivity index (χ2n) is 5.68. The van der Waals surface area contributed by atoms with Crippen LogP contribution in [0, 0.1) is 0 Å². The lowest BCUT2D eigenvalue weighted by Crippen LogP contribution is -2.40. The van der Waals surface area contributed by atoms with Crippen LogP contribution in [0.15, 0.2) is 11.1 Å². The molecule has 0 saturated carbocycles. The molecule has 25 heavy (non-hydrogen) atoms. The number of phosphoric ester groups is 1. The predicted octanol–water partition coefficient (Wildman–Crippen LogP) is -1.20. The van der Waals surface area contributed by atoms with Gasteiger partial charge < -0.3 is 25.4 Å². The topological polar surface area (TPSA) is 186 Å². The molecule has 0 bridgehead atoms. The van der Waals surface area contributed by atoms with Gasteiger partial charge in [-0.3, -0.25) is 18.9 Å². The number of aliphatic hydroxyl groups is 1.